The molecule has 32 heavy (non-hydrogen) atoms. The van der Waals surface area contributed by atoms with Gasteiger partial charge in [0.1, 0.15) is 12.4 Å². The number of likely N-dealkylation sites (tertiary alicyclic amines) is 2. The van der Waals surface area contributed by atoms with Crippen LogP contribution in [-0.2, 0) is 4.79 Å². The van der Waals surface area contributed by atoms with Crippen molar-refractivity contribution < 1.29 is 14.0 Å². The first kappa shape index (κ1) is 22.4. The Morgan fingerprint density at radius 1 is 1.03 bits per heavy atom. The monoisotopic (exact) mass is 440 g/mol. The highest BCUT2D eigenvalue weighted by atomic mass is 16.4. The standard InChI is InChI=1S/C23H32N6O3/c1-15-17(13-24-14-25-15)21(30)29-10-6-5-7-18(29)20-27-26-19(32-20)16-8-11-28(12-9-16)22(31)23(2,3)4/h13-14,16,18H,5-12H2,1-4H3/t18-/m1/s1. The van der Waals surface area contributed by atoms with E-state index < -0.39 is 0 Å². The van der Waals surface area contributed by atoms with Gasteiger partial charge >= 0.3 is 0 Å². The molecule has 2 aromatic rings. The third kappa shape index (κ3) is 4.52. The zero-order valence-corrected chi connectivity index (χ0v) is 19.4. The molecule has 2 amide bonds. The Balaban J connectivity index is 1.46. The van der Waals surface area contributed by atoms with Gasteiger partial charge in [-0.15, -0.1) is 10.2 Å². The summed E-state index contributed by atoms with van der Waals surface area (Å²) in [6, 6.07) is -0.236. The number of carbonyl (C=O) groups excluding carboxylic acids is 2. The second-order valence-electron chi connectivity index (χ2n) is 9.83. The number of rotatable bonds is 3. The molecule has 0 saturated carbocycles. The van der Waals surface area contributed by atoms with Crippen molar-refractivity contribution >= 4 is 11.8 Å². The van der Waals surface area contributed by atoms with Crippen LogP contribution >= 0.6 is 0 Å². The lowest BCUT2D eigenvalue weighted by Gasteiger charge is -2.35. The summed E-state index contributed by atoms with van der Waals surface area (Å²) >= 11 is 0. The molecule has 0 spiro atoms. The van der Waals surface area contributed by atoms with Crippen LogP contribution in [0.15, 0.2) is 16.9 Å². The molecule has 4 heterocycles. The molecule has 2 saturated heterocycles. The minimum absolute atomic E-state index is 0.0958. The quantitative estimate of drug-likeness (QED) is 0.721. The Hall–Kier alpha value is -2.84. The van der Waals surface area contributed by atoms with E-state index in [2.05, 4.69) is 20.2 Å². The minimum Gasteiger partial charge on any atom is -0.423 e. The lowest BCUT2D eigenvalue weighted by molar-refractivity contribution is -0.140. The fourth-order valence-electron chi connectivity index (χ4n) is 4.54. The van der Waals surface area contributed by atoms with Gasteiger partial charge in [-0.3, -0.25) is 9.59 Å². The topological polar surface area (TPSA) is 105 Å². The van der Waals surface area contributed by atoms with Gasteiger partial charge in [0.25, 0.3) is 5.91 Å². The molecule has 9 nitrogen and oxygen atoms in total. The molecule has 0 radical (unpaired) electrons. The molecule has 2 aliphatic rings. The molecule has 2 fully saturated rings. The number of amides is 2. The van der Waals surface area contributed by atoms with Crippen molar-refractivity contribution in [3.63, 3.8) is 0 Å². The zero-order chi connectivity index (χ0) is 22.9. The van der Waals surface area contributed by atoms with Gasteiger partial charge in [-0.1, -0.05) is 20.8 Å². The van der Waals surface area contributed by atoms with E-state index in [0.717, 1.165) is 32.1 Å². The average molecular weight is 441 g/mol. The molecule has 172 valence electrons. The first-order valence-corrected chi connectivity index (χ1v) is 11.5. The van der Waals surface area contributed by atoms with Crippen LogP contribution in [0.1, 0.15) is 92.7 Å². The Morgan fingerprint density at radius 3 is 2.44 bits per heavy atom. The van der Waals surface area contributed by atoms with Crippen LogP contribution in [0.5, 0.6) is 0 Å². The maximum Gasteiger partial charge on any atom is 0.257 e. The molecular weight excluding hydrogens is 408 g/mol. The van der Waals surface area contributed by atoms with Crippen LogP contribution in [0.3, 0.4) is 0 Å². The van der Waals surface area contributed by atoms with Gasteiger partial charge in [0.15, 0.2) is 0 Å². The van der Waals surface area contributed by atoms with Gasteiger partial charge in [-0.2, -0.15) is 0 Å². The van der Waals surface area contributed by atoms with E-state index >= 15 is 0 Å². The molecule has 9 heteroatoms. The van der Waals surface area contributed by atoms with E-state index in [-0.39, 0.29) is 29.2 Å². The van der Waals surface area contributed by atoms with Crippen molar-refractivity contribution in [2.45, 2.75) is 71.8 Å². The Labute approximate surface area is 188 Å². The van der Waals surface area contributed by atoms with Crippen molar-refractivity contribution in [2.24, 2.45) is 5.41 Å². The van der Waals surface area contributed by atoms with Crippen LogP contribution in [0.25, 0.3) is 0 Å². The molecule has 2 aliphatic heterocycles. The molecule has 0 aromatic carbocycles. The summed E-state index contributed by atoms with van der Waals surface area (Å²) in [5.41, 5.74) is 0.802. The first-order chi connectivity index (χ1) is 15.3. The van der Waals surface area contributed by atoms with Crippen molar-refractivity contribution in [1.82, 2.24) is 30.0 Å². The van der Waals surface area contributed by atoms with Crippen molar-refractivity contribution in [1.29, 1.82) is 0 Å². The third-order valence-electron chi connectivity index (χ3n) is 6.42. The predicted octanol–water partition coefficient (Wildman–Crippen LogP) is 3.29. The molecule has 0 bridgehead atoms. The summed E-state index contributed by atoms with van der Waals surface area (Å²) in [4.78, 5) is 37.7. The van der Waals surface area contributed by atoms with Crippen molar-refractivity contribution in [2.75, 3.05) is 19.6 Å². The van der Waals surface area contributed by atoms with E-state index in [1.807, 2.05) is 37.5 Å². The van der Waals surface area contributed by atoms with Gasteiger partial charge < -0.3 is 14.2 Å². The smallest absolute Gasteiger partial charge is 0.257 e. The SMILES string of the molecule is Cc1ncncc1C(=O)N1CCCC[C@@H]1c1nnc(C2CCN(C(=O)C(C)(C)C)CC2)o1. The highest BCUT2D eigenvalue weighted by molar-refractivity contribution is 5.95. The number of nitrogens with zero attached hydrogens (tertiary/aromatic N) is 6. The number of aryl methyl sites for hydroxylation is 1. The fraction of sp³-hybridized carbons (Fsp3) is 0.652. The number of hydrogen-bond acceptors (Lipinski definition) is 7. The Morgan fingerprint density at radius 2 is 1.75 bits per heavy atom. The lowest BCUT2D eigenvalue weighted by atomic mass is 9.91. The minimum atomic E-state index is -0.371. The normalized spacial score (nSPS) is 20.4. The molecule has 2 aromatic heterocycles. The van der Waals surface area contributed by atoms with Crippen LogP contribution in [-0.4, -0.2) is 61.4 Å². The predicted molar refractivity (Wildman–Crippen MR) is 117 cm³/mol. The van der Waals surface area contributed by atoms with Crippen LogP contribution in [0.2, 0.25) is 0 Å². The molecule has 0 N–H and O–H groups in total. The number of piperidine rings is 2. The van der Waals surface area contributed by atoms with E-state index in [1.165, 1.54) is 6.33 Å². The number of aromatic nitrogens is 4. The number of hydrogen-bond donors (Lipinski definition) is 0. The van der Waals surface area contributed by atoms with Crippen molar-refractivity contribution in [3.8, 4) is 0 Å². The van der Waals surface area contributed by atoms with Gasteiger partial charge in [0.05, 0.1) is 11.3 Å². The molecule has 4 rings (SSSR count). The maximum atomic E-state index is 13.2. The molecular formula is C23H32N6O3. The highest BCUT2D eigenvalue weighted by Gasteiger charge is 2.36. The van der Waals surface area contributed by atoms with E-state index in [9.17, 15) is 9.59 Å². The van der Waals surface area contributed by atoms with Gasteiger partial charge in [0.2, 0.25) is 17.7 Å². The van der Waals surface area contributed by atoms with Gasteiger partial charge in [-0.25, -0.2) is 9.97 Å². The van der Waals surface area contributed by atoms with E-state index in [4.69, 9.17) is 4.42 Å². The summed E-state index contributed by atoms with van der Waals surface area (Å²) in [6.45, 7) is 9.70. The average Bonchev–Trinajstić information content (AvgIpc) is 3.28. The van der Waals surface area contributed by atoms with Gasteiger partial charge in [0, 0.05) is 37.2 Å². The highest BCUT2D eigenvalue weighted by Crippen LogP contribution is 2.35. The van der Waals surface area contributed by atoms with Crippen LogP contribution in [0.4, 0.5) is 0 Å². The summed E-state index contributed by atoms with van der Waals surface area (Å²) in [5, 5.41) is 8.67. The second-order valence-corrected chi connectivity index (χ2v) is 9.83. The van der Waals surface area contributed by atoms with Crippen LogP contribution < -0.4 is 0 Å². The first-order valence-electron chi connectivity index (χ1n) is 11.5. The van der Waals surface area contributed by atoms with E-state index in [0.29, 0.717) is 42.7 Å². The Bertz CT molecular complexity index is 974. The number of carbonyl (C=O) groups is 2. The fourth-order valence-corrected chi connectivity index (χ4v) is 4.54. The molecule has 1 atom stereocenters. The zero-order valence-electron chi connectivity index (χ0n) is 19.4. The molecule has 0 unspecified atom stereocenters. The second kappa shape index (κ2) is 8.96. The third-order valence-corrected chi connectivity index (χ3v) is 6.42. The maximum absolute atomic E-state index is 13.2. The van der Waals surface area contributed by atoms with Gasteiger partial charge in [-0.05, 0) is 39.0 Å². The summed E-state index contributed by atoms with van der Waals surface area (Å²) < 4.78 is 6.12. The largest absolute Gasteiger partial charge is 0.423 e. The van der Waals surface area contributed by atoms with Crippen molar-refractivity contribution in [3.05, 3.63) is 35.6 Å². The summed E-state index contributed by atoms with van der Waals surface area (Å²) in [6.07, 6.45) is 7.36. The molecule has 0 aliphatic carbocycles. The summed E-state index contributed by atoms with van der Waals surface area (Å²) in [7, 11) is 0. The lowest BCUT2D eigenvalue weighted by Crippen LogP contribution is -2.43. The summed E-state index contributed by atoms with van der Waals surface area (Å²) in [5.74, 6) is 1.33. The van der Waals surface area contributed by atoms with E-state index in [1.54, 1.807) is 6.20 Å². The van der Waals surface area contributed by atoms with Crippen LogP contribution in [0, 0.1) is 12.3 Å². The Kier molecular flexibility index (Phi) is 6.26.